The third-order valence-corrected chi connectivity index (χ3v) is 9.81. The van der Waals surface area contributed by atoms with Gasteiger partial charge in [0.15, 0.2) is 0 Å². The molecule has 4 aliphatic rings. The Kier molecular flexibility index (Phi) is 8.63. The number of nitrogens with zero attached hydrogens (tertiary/aromatic N) is 2. The molecule has 1 heterocycles. The number of carbonyl (C=O) groups excluding carboxylic acids is 3. The van der Waals surface area contributed by atoms with Crippen molar-refractivity contribution >= 4 is 30.3 Å². The quantitative estimate of drug-likeness (QED) is 0.571. The van der Waals surface area contributed by atoms with Crippen molar-refractivity contribution in [2.24, 2.45) is 34.5 Å². The van der Waals surface area contributed by atoms with Crippen LogP contribution < -0.4 is 10.6 Å². The topological polar surface area (TPSA) is 81.8 Å². The van der Waals surface area contributed by atoms with Crippen LogP contribution >= 0.6 is 12.4 Å². The molecule has 4 amide bonds. The van der Waals surface area contributed by atoms with Crippen LogP contribution in [0.5, 0.6) is 0 Å². The van der Waals surface area contributed by atoms with Crippen LogP contribution in [0.3, 0.4) is 0 Å². The molecule has 0 aromatic carbocycles. The predicted molar refractivity (Wildman–Crippen MR) is 140 cm³/mol. The second-order valence-corrected chi connectivity index (χ2v) is 11.9. The Hall–Kier alpha value is -1.60. The van der Waals surface area contributed by atoms with E-state index in [1.165, 1.54) is 4.90 Å². The van der Waals surface area contributed by atoms with Crippen molar-refractivity contribution in [2.75, 3.05) is 33.7 Å². The third kappa shape index (κ3) is 5.00. The molecule has 0 saturated heterocycles. The summed E-state index contributed by atoms with van der Waals surface area (Å²) in [5, 5.41) is 6.09. The number of carbonyl (C=O) groups is 3. The van der Waals surface area contributed by atoms with Gasteiger partial charge in [-0.2, -0.15) is 0 Å². The Morgan fingerprint density at radius 3 is 2.51 bits per heavy atom. The summed E-state index contributed by atoms with van der Waals surface area (Å²) in [6, 6.07) is -0.0255. The number of imide groups is 1. The van der Waals surface area contributed by atoms with Crippen molar-refractivity contribution < 1.29 is 14.4 Å². The Balaban J connectivity index is 0.00000342. The first-order valence-corrected chi connectivity index (χ1v) is 13.4. The number of halogens is 1. The van der Waals surface area contributed by atoms with Gasteiger partial charge in [0, 0.05) is 30.5 Å². The summed E-state index contributed by atoms with van der Waals surface area (Å²) in [7, 11) is 4.03. The molecule has 7 atom stereocenters. The van der Waals surface area contributed by atoms with Crippen LogP contribution in [0.1, 0.15) is 65.7 Å². The molecule has 0 radical (unpaired) electrons. The van der Waals surface area contributed by atoms with Gasteiger partial charge in [-0.3, -0.25) is 14.5 Å². The van der Waals surface area contributed by atoms with E-state index in [0.717, 1.165) is 51.5 Å². The number of hydrogen-bond donors (Lipinski definition) is 2. The fourth-order valence-electron chi connectivity index (χ4n) is 8.03. The minimum absolute atomic E-state index is 0. The highest BCUT2D eigenvalue weighted by Crippen LogP contribution is 2.65. The number of fused-ring (bicyclic) bond motifs is 5. The van der Waals surface area contributed by atoms with Gasteiger partial charge in [0.2, 0.25) is 11.8 Å². The molecule has 2 N–H and O–H groups in total. The van der Waals surface area contributed by atoms with Crippen molar-refractivity contribution in [3.05, 3.63) is 12.2 Å². The minimum atomic E-state index is -0.247. The molecule has 0 aromatic rings. The maximum atomic E-state index is 13.9. The molecule has 7 nitrogen and oxygen atoms in total. The van der Waals surface area contributed by atoms with Gasteiger partial charge in [0.25, 0.3) is 0 Å². The van der Waals surface area contributed by atoms with E-state index < -0.39 is 0 Å². The highest BCUT2D eigenvalue weighted by Gasteiger charge is 2.61. The van der Waals surface area contributed by atoms with Crippen LogP contribution in [0.25, 0.3) is 0 Å². The Morgan fingerprint density at radius 1 is 1.09 bits per heavy atom. The molecule has 0 spiro atoms. The molecule has 3 fully saturated rings. The summed E-state index contributed by atoms with van der Waals surface area (Å²) in [6.07, 6.45) is 10.8. The molecule has 3 saturated carbocycles. The normalized spacial score (nSPS) is 37.4. The number of hydrogen-bond acceptors (Lipinski definition) is 4. The van der Waals surface area contributed by atoms with E-state index in [4.69, 9.17) is 0 Å². The van der Waals surface area contributed by atoms with E-state index in [2.05, 4.69) is 35.5 Å². The van der Waals surface area contributed by atoms with E-state index in [1.54, 1.807) is 6.08 Å². The first-order chi connectivity index (χ1) is 16.1. The zero-order valence-electron chi connectivity index (χ0n) is 22.1. The lowest BCUT2D eigenvalue weighted by atomic mass is 9.48. The van der Waals surface area contributed by atoms with Crippen LogP contribution in [0.15, 0.2) is 12.2 Å². The predicted octanol–water partition coefficient (Wildman–Crippen LogP) is 3.83. The summed E-state index contributed by atoms with van der Waals surface area (Å²) in [4.78, 5) is 42.3. The van der Waals surface area contributed by atoms with Crippen molar-refractivity contribution in [1.29, 1.82) is 0 Å². The fourth-order valence-corrected chi connectivity index (χ4v) is 8.03. The molecule has 1 aliphatic heterocycles. The lowest BCUT2D eigenvalue weighted by Crippen LogP contribution is -2.59. The number of rotatable bonds is 6. The highest BCUT2D eigenvalue weighted by atomic mass is 35.5. The standard InChI is InChI=1S/C27H44N4O3.ClH/c1-6-28-25(34)31(17-7-16-30(4)5)24(33)21-10-9-19-18-8-11-22-27(3,15-13-23(32)29-22)20(18)12-14-26(19,21)2;/h13,15,18-22H,6-12,14,16-17H2,1-5H3,(H,28,34)(H,29,32);1H/t18-,19-,20-,21+,22+,26-,27+;/m0./s1. The molecule has 198 valence electrons. The Bertz CT molecular complexity index is 848. The molecule has 4 rings (SSSR count). The molecule has 0 bridgehead atoms. The van der Waals surface area contributed by atoms with Crippen molar-refractivity contribution in [1.82, 2.24) is 20.4 Å². The maximum Gasteiger partial charge on any atom is 0.324 e. The van der Waals surface area contributed by atoms with Crippen LogP contribution in [0.2, 0.25) is 0 Å². The molecular weight excluding hydrogens is 464 g/mol. The van der Waals surface area contributed by atoms with Crippen LogP contribution in [0, 0.1) is 34.5 Å². The second-order valence-electron chi connectivity index (χ2n) is 11.9. The number of amides is 4. The number of urea groups is 1. The lowest BCUT2D eigenvalue weighted by Gasteiger charge is -2.58. The molecular formula is C27H45ClN4O3. The molecule has 0 unspecified atom stereocenters. The molecule has 0 aromatic heterocycles. The molecule has 3 aliphatic carbocycles. The summed E-state index contributed by atoms with van der Waals surface area (Å²) in [5.74, 6) is 1.58. The van der Waals surface area contributed by atoms with E-state index in [1.807, 2.05) is 21.0 Å². The van der Waals surface area contributed by atoms with Gasteiger partial charge in [0.05, 0.1) is 0 Å². The number of nitrogens with one attached hydrogen (secondary N) is 2. The molecule has 8 heteroatoms. The zero-order valence-corrected chi connectivity index (χ0v) is 23.0. The van der Waals surface area contributed by atoms with Crippen LogP contribution in [-0.4, -0.2) is 67.4 Å². The smallest absolute Gasteiger partial charge is 0.324 e. The van der Waals surface area contributed by atoms with Gasteiger partial charge >= 0.3 is 6.03 Å². The van der Waals surface area contributed by atoms with E-state index in [9.17, 15) is 14.4 Å². The first kappa shape index (κ1) is 28.0. The largest absolute Gasteiger partial charge is 0.349 e. The first-order valence-electron chi connectivity index (χ1n) is 13.4. The summed E-state index contributed by atoms with van der Waals surface area (Å²) < 4.78 is 0. The van der Waals surface area contributed by atoms with Gasteiger partial charge in [-0.05, 0) is 102 Å². The zero-order chi connectivity index (χ0) is 24.7. The second kappa shape index (κ2) is 10.8. The fraction of sp³-hybridized carbons (Fsp3) is 0.815. The maximum absolute atomic E-state index is 13.9. The van der Waals surface area contributed by atoms with Crippen molar-refractivity contribution in [3.63, 3.8) is 0 Å². The molecule has 35 heavy (non-hydrogen) atoms. The minimum Gasteiger partial charge on any atom is -0.349 e. The Labute approximate surface area is 217 Å². The third-order valence-electron chi connectivity index (χ3n) is 9.81. The van der Waals surface area contributed by atoms with Gasteiger partial charge in [-0.1, -0.05) is 19.9 Å². The van der Waals surface area contributed by atoms with Gasteiger partial charge < -0.3 is 15.5 Å². The average molecular weight is 509 g/mol. The van der Waals surface area contributed by atoms with Crippen LogP contribution in [0.4, 0.5) is 4.79 Å². The van der Waals surface area contributed by atoms with Crippen LogP contribution in [-0.2, 0) is 9.59 Å². The lowest BCUT2D eigenvalue weighted by molar-refractivity contribution is -0.141. The van der Waals surface area contributed by atoms with Gasteiger partial charge in [-0.25, -0.2) is 4.79 Å². The summed E-state index contributed by atoms with van der Waals surface area (Å²) >= 11 is 0. The Morgan fingerprint density at radius 2 is 1.83 bits per heavy atom. The van der Waals surface area contributed by atoms with E-state index in [0.29, 0.717) is 30.8 Å². The van der Waals surface area contributed by atoms with Gasteiger partial charge in [-0.15, -0.1) is 12.4 Å². The summed E-state index contributed by atoms with van der Waals surface area (Å²) in [5.41, 5.74) is -0.0607. The summed E-state index contributed by atoms with van der Waals surface area (Å²) in [6.45, 7) is 8.39. The van der Waals surface area contributed by atoms with Gasteiger partial charge in [0.1, 0.15) is 0 Å². The van der Waals surface area contributed by atoms with Crippen molar-refractivity contribution in [3.8, 4) is 0 Å². The average Bonchev–Trinajstić information content (AvgIpc) is 3.14. The van der Waals surface area contributed by atoms with E-state index in [-0.39, 0.29) is 53.0 Å². The monoisotopic (exact) mass is 508 g/mol. The van der Waals surface area contributed by atoms with E-state index >= 15 is 0 Å². The SMILES string of the molecule is CCNC(=O)N(CCCN(C)C)C(=O)[C@H]1CC[C@H]2[C@@H]3CC[C@H]4NC(=O)C=C[C@]4(C)[C@H]3CC[C@]12C.Cl. The highest BCUT2D eigenvalue weighted by molar-refractivity contribution is 5.96. The van der Waals surface area contributed by atoms with Crippen molar-refractivity contribution in [2.45, 2.75) is 71.8 Å².